The number of rotatable bonds is 6. The minimum Gasteiger partial charge on any atom is -0.454 e. The van der Waals surface area contributed by atoms with E-state index >= 15 is 0 Å². The van der Waals surface area contributed by atoms with E-state index in [9.17, 15) is 22.8 Å². The quantitative estimate of drug-likeness (QED) is 0.502. The lowest BCUT2D eigenvalue weighted by atomic mass is 10.1. The van der Waals surface area contributed by atoms with E-state index < -0.39 is 22.6 Å². The second-order valence-corrected chi connectivity index (χ2v) is 9.84. The van der Waals surface area contributed by atoms with Gasteiger partial charge in [-0.25, -0.2) is 13.2 Å². The second-order valence-electron chi connectivity index (χ2n) is 7.07. The number of nitrogens with one attached hydrogen (secondary N) is 1. The topological polar surface area (TPSA) is 122 Å². The maximum atomic E-state index is 12.4. The molecular formula is C21H19N3O6S2. The van der Waals surface area contributed by atoms with Gasteiger partial charge < -0.3 is 15.0 Å². The minimum atomic E-state index is -3.46. The summed E-state index contributed by atoms with van der Waals surface area (Å²) in [6.45, 7) is 1.62. The highest BCUT2D eigenvalue weighted by molar-refractivity contribution is 8.15. The summed E-state index contributed by atoms with van der Waals surface area (Å²) in [5, 5.41) is 3.06. The molecule has 0 radical (unpaired) electrons. The number of hydrogen-bond donors (Lipinski definition) is 1. The van der Waals surface area contributed by atoms with E-state index in [-0.39, 0.29) is 23.0 Å². The van der Waals surface area contributed by atoms with Crippen LogP contribution in [0.3, 0.4) is 0 Å². The number of Topliss-reactive ketones (excluding diaryl/α,β-unsaturated/α-hetero) is 1. The number of thioether (sulfide) groups is 1. The third kappa shape index (κ3) is 4.68. The predicted molar refractivity (Wildman–Crippen MR) is 121 cm³/mol. The number of ketones is 1. The summed E-state index contributed by atoms with van der Waals surface area (Å²) < 4.78 is 32.4. The van der Waals surface area contributed by atoms with Crippen molar-refractivity contribution in [2.24, 2.45) is 4.40 Å². The first kappa shape index (κ1) is 22.0. The van der Waals surface area contributed by atoms with Crippen molar-refractivity contribution in [3.05, 3.63) is 53.6 Å². The van der Waals surface area contributed by atoms with Gasteiger partial charge in [-0.1, -0.05) is 6.92 Å². The molecule has 0 bridgehead atoms. The van der Waals surface area contributed by atoms with Crippen molar-refractivity contribution >= 4 is 56.0 Å². The Kier molecular flexibility index (Phi) is 6.02. The van der Waals surface area contributed by atoms with Crippen LogP contribution in [0, 0.1) is 0 Å². The van der Waals surface area contributed by atoms with Crippen LogP contribution in [-0.4, -0.2) is 50.1 Å². The molecule has 0 fully saturated rings. The highest BCUT2D eigenvalue weighted by Crippen LogP contribution is 2.42. The average Bonchev–Trinajstić information content (AvgIpc) is 3.12. The third-order valence-corrected chi connectivity index (χ3v) is 7.16. The van der Waals surface area contributed by atoms with Crippen LogP contribution >= 0.6 is 11.8 Å². The van der Waals surface area contributed by atoms with Gasteiger partial charge in [0, 0.05) is 29.1 Å². The number of fused-ring (bicyclic) bond motifs is 3. The van der Waals surface area contributed by atoms with Gasteiger partial charge in [0.05, 0.1) is 17.0 Å². The highest BCUT2D eigenvalue weighted by atomic mass is 32.2. The zero-order valence-corrected chi connectivity index (χ0v) is 18.7. The Hall–Kier alpha value is -3.18. The van der Waals surface area contributed by atoms with Crippen molar-refractivity contribution < 1.29 is 27.5 Å². The number of anilines is 2. The average molecular weight is 474 g/mol. The van der Waals surface area contributed by atoms with E-state index in [1.807, 2.05) is 0 Å². The Balaban J connectivity index is 1.38. The van der Waals surface area contributed by atoms with E-state index in [0.29, 0.717) is 34.3 Å². The molecule has 1 amide bonds. The lowest BCUT2D eigenvalue weighted by molar-refractivity contribution is -0.115. The fourth-order valence-electron chi connectivity index (χ4n) is 3.14. The largest absolute Gasteiger partial charge is 0.454 e. The Morgan fingerprint density at radius 3 is 2.56 bits per heavy atom. The van der Waals surface area contributed by atoms with Crippen LogP contribution in [0.25, 0.3) is 0 Å². The number of amidine groups is 1. The fourth-order valence-corrected chi connectivity index (χ4v) is 5.44. The number of carbonyl (C=O) groups is 3. The van der Waals surface area contributed by atoms with Crippen LogP contribution in [0.4, 0.5) is 11.4 Å². The van der Waals surface area contributed by atoms with Gasteiger partial charge in [0.1, 0.15) is 0 Å². The molecule has 166 valence electrons. The number of ether oxygens (including phenoxy) is 1. The monoisotopic (exact) mass is 473 g/mol. The SMILES string of the molecule is CCC(=O)Nc1ccc(C(=O)COC(=O)c2ccc3c(c2)SC2=NS(=O)(=O)CCN23)cc1. The van der Waals surface area contributed by atoms with Gasteiger partial charge in [-0.2, -0.15) is 0 Å². The molecule has 0 spiro atoms. The molecule has 2 aromatic carbocycles. The number of hydrogen-bond acceptors (Lipinski definition) is 8. The normalized spacial score (nSPS) is 15.9. The summed E-state index contributed by atoms with van der Waals surface area (Å²) in [6.07, 6.45) is 0.350. The molecule has 0 atom stereocenters. The first-order valence-electron chi connectivity index (χ1n) is 9.78. The first-order valence-corrected chi connectivity index (χ1v) is 12.2. The van der Waals surface area contributed by atoms with Crippen molar-refractivity contribution in [2.75, 3.05) is 29.1 Å². The van der Waals surface area contributed by atoms with E-state index in [0.717, 1.165) is 5.69 Å². The van der Waals surface area contributed by atoms with Gasteiger partial charge in [0.25, 0.3) is 10.0 Å². The van der Waals surface area contributed by atoms with Gasteiger partial charge in [0.15, 0.2) is 17.6 Å². The Morgan fingerprint density at radius 2 is 1.84 bits per heavy atom. The van der Waals surface area contributed by atoms with E-state index in [2.05, 4.69) is 9.71 Å². The molecule has 4 rings (SSSR count). The molecule has 2 heterocycles. The number of nitrogens with zero attached hydrogens (tertiary/aromatic N) is 2. The summed E-state index contributed by atoms with van der Waals surface area (Å²) in [5.41, 5.74) is 1.97. The van der Waals surface area contributed by atoms with Crippen LogP contribution in [0.5, 0.6) is 0 Å². The van der Waals surface area contributed by atoms with Crippen LogP contribution < -0.4 is 10.2 Å². The molecule has 2 aliphatic heterocycles. The Morgan fingerprint density at radius 1 is 1.12 bits per heavy atom. The minimum absolute atomic E-state index is 0.0612. The molecule has 1 N–H and O–H groups in total. The van der Waals surface area contributed by atoms with Gasteiger partial charge >= 0.3 is 5.97 Å². The molecule has 0 unspecified atom stereocenters. The molecule has 32 heavy (non-hydrogen) atoms. The Bertz CT molecular complexity index is 1240. The molecule has 0 aromatic heterocycles. The molecule has 0 saturated carbocycles. The van der Waals surface area contributed by atoms with Crippen molar-refractivity contribution in [1.29, 1.82) is 0 Å². The zero-order chi connectivity index (χ0) is 22.9. The maximum absolute atomic E-state index is 12.4. The van der Waals surface area contributed by atoms with Crippen molar-refractivity contribution in [2.45, 2.75) is 18.2 Å². The lowest BCUT2D eigenvalue weighted by Gasteiger charge is -2.22. The van der Waals surface area contributed by atoms with Gasteiger partial charge in [-0.05, 0) is 54.2 Å². The summed E-state index contributed by atoms with van der Waals surface area (Å²) in [7, 11) is -3.46. The predicted octanol–water partition coefficient (Wildman–Crippen LogP) is 2.69. The summed E-state index contributed by atoms with van der Waals surface area (Å²) >= 11 is 1.17. The zero-order valence-electron chi connectivity index (χ0n) is 17.0. The lowest BCUT2D eigenvalue weighted by Crippen LogP contribution is -2.35. The maximum Gasteiger partial charge on any atom is 0.338 e. The summed E-state index contributed by atoms with van der Waals surface area (Å²) in [6, 6.07) is 11.2. The highest BCUT2D eigenvalue weighted by Gasteiger charge is 2.33. The van der Waals surface area contributed by atoms with Gasteiger partial charge in [-0.15, -0.1) is 4.40 Å². The smallest absolute Gasteiger partial charge is 0.338 e. The molecular weight excluding hydrogens is 454 g/mol. The standard InChI is InChI=1S/C21H19N3O6S2/c1-2-19(26)22-15-6-3-13(4-7-15)17(25)12-30-20(27)14-5-8-16-18(11-14)31-21-23-32(28,29)10-9-24(16)21/h3-8,11H,2,9-10,12H2,1H3,(H,22,26). The number of carbonyl (C=O) groups excluding carboxylic acids is 3. The molecule has 11 heteroatoms. The molecule has 0 saturated heterocycles. The molecule has 0 aliphatic carbocycles. The molecule has 9 nitrogen and oxygen atoms in total. The molecule has 2 aromatic rings. The third-order valence-electron chi connectivity index (χ3n) is 4.85. The van der Waals surface area contributed by atoms with Crippen LogP contribution in [0.2, 0.25) is 0 Å². The fraction of sp³-hybridized carbons (Fsp3) is 0.238. The summed E-state index contributed by atoms with van der Waals surface area (Å²) in [5.74, 6) is -1.23. The summed E-state index contributed by atoms with van der Waals surface area (Å²) in [4.78, 5) is 38.7. The number of amides is 1. The second kappa shape index (κ2) is 8.75. The first-order chi connectivity index (χ1) is 15.3. The van der Waals surface area contributed by atoms with E-state index in [1.54, 1.807) is 54.3 Å². The van der Waals surface area contributed by atoms with Crippen molar-refractivity contribution in [3.8, 4) is 0 Å². The van der Waals surface area contributed by atoms with Crippen LogP contribution in [-0.2, 0) is 19.6 Å². The van der Waals surface area contributed by atoms with Crippen molar-refractivity contribution in [3.63, 3.8) is 0 Å². The molecule has 2 aliphatic rings. The van der Waals surface area contributed by atoms with Crippen LogP contribution in [0.15, 0.2) is 51.8 Å². The van der Waals surface area contributed by atoms with Crippen LogP contribution in [0.1, 0.15) is 34.1 Å². The van der Waals surface area contributed by atoms with Gasteiger partial charge in [0.2, 0.25) is 5.91 Å². The number of benzene rings is 2. The van der Waals surface area contributed by atoms with Crippen molar-refractivity contribution in [1.82, 2.24) is 0 Å². The van der Waals surface area contributed by atoms with E-state index in [1.165, 1.54) is 11.8 Å². The Labute approximate surface area is 188 Å². The number of esters is 1. The number of sulfonamides is 1. The van der Waals surface area contributed by atoms with Gasteiger partial charge in [-0.3, -0.25) is 9.59 Å². The van der Waals surface area contributed by atoms with E-state index in [4.69, 9.17) is 4.74 Å².